The lowest BCUT2D eigenvalue weighted by Gasteiger charge is -2.12. The smallest absolute Gasteiger partial charge is 0.239 e. The van der Waals surface area contributed by atoms with Gasteiger partial charge in [0.05, 0.1) is 5.01 Å². The summed E-state index contributed by atoms with van der Waals surface area (Å²) in [6, 6.07) is 0. The van der Waals surface area contributed by atoms with Crippen LogP contribution in [0.1, 0.15) is 23.4 Å². The molecule has 18 heavy (non-hydrogen) atoms. The SMILES string of the molecule is Cc1cnc(NN)nc1NCC(C)c1nccs1. The average Bonchev–Trinajstić information content (AvgIpc) is 2.91. The molecule has 6 nitrogen and oxygen atoms in total. The number of hydrogen-bond donors (Lipinski definition) is 3. The Hall–Kier alpha value is -1.73. The predicted molar refractivity (Wildman–Crippen MR) is 73.6 cm³/mol. The fourth-order valence-electron chi connectivity index (χ4n) is 1.51. The standard InChI is InChI=1S/C11H16N6S/c1-7-5-15-11(17-12)16-9(7)14-6-8(2)10-13-3-4-18-10/h3-5,8H,6,12H2,1-2H3,(H2,14,15,16,17). The summed E-state index contributed by atoms with van der Waals surface area (Å²) < 4.78 is 0. The molecule has 0 amide bonds. The van der Waals surface area contributed by atoms with Gasteiger partial charge in [0.2, 0.25) is 5.95 Å². The van der Waals surface area contributed by atoms with Crippen molar-refractivity contribution in [2.45, 2.75) is 19.8 Å². The highest BCUT2D eigenvalue weighted by Gasteiger charge is 2.09. The molecule has 2 aromatic heterocycles. The number of rotatable bonds is 5. The number of hydrazine groups is 1. The Labute approximate surface area is 110 Å². The van der Waals surface area contributed by atoms with Crippen LogP contribution in [0, 0.1) is 6.92 Å². The van der Waals surface area contributed by atoms with Crippen LogP contribution in [0.5, 0.6) is 0 Å². The highest BCUT2D eigenvalue weighted by atomic mass is 32.1. The fourth-order valence-corrected chi connectivity index (χ4v) is 2.20. The van der Waals surface area contributed by atoms with Gasteiger partial charge >= 0.3 is 0 Å². The van der Waals surface area contributed by atoms with Crippen molar-refractivity contribution in [3.8, 4) is 0 Å². The largest absolute Gasteiger partial charge is 0.369 e. The maximum Gasteiger partial charge on any atom is 0.239 e. The number of nitrogens with one attached hydrogen (secondary N) is 2. The number of aryl methyl sites for hydroxylation is 1. The van der Waals surface area contributed by atoms with Crippen molar-refractivity contribution < 1.29 is 0 Å². The molecule has 7 heteroatoms. The molecule has 0 fully saturated rings. The van der Waals surface area contributed by atoms with Crippen LogP contribution >= 0.6 is 11.3 Å². The molecule has 0 spiro atoms. The van der Waals surface area contributed by atoms with E-state index >= 15 is 0 Å². The maximum absolute atomic E-state index is 5.29. The Morgan fingerprint density at radius 1 is 1.44 bits per heavy atom. The minimum atomic E-state index is 0.341. The van der Waals surface area contributed by atoms with E-state index in [4.69, 9.17) is 5.84 Å². The van der Waals surface area contributed by atoms with Crippen molar-refractivity contribution in [2.24, 2.45) is 5.84 Å². The molecule has 0 bridgehead atoms. The number of anilines is 2. The molecule has 2 rings (SSSR count). The molecule has 1 unspecified atom stereocenters. The first-order chi connectivity index (χ1) is 8.70. The monoisotopic (exact) mass is 264 g/mol. The minimum absolute atomic E-state index is 0.341. The molecule has 1 atom stereocenters. The molecule has 0 saturated heterocycles. The molecular weight excluding hydrogens is 248 g/mol. The molecule has 2 aromatic rings. The van der Waals surface area contributed by atoms with E-state index in [1.54, 1.807) is 17.5 Å². The van der Waals surface area contributed by atoms with Crippen molar-refractivity contribution in [2.75, 3.05) is 17.3 Å². The van der Waals surface area contributed by atoms with E-state index in [9.17, 15) is 0 Å². The predicted octanol–water partition coefficient (Wildman–Crippen LogP) is 1.74. The molecule has 2 heterocycles. The lowest BCUT2D eigenvalue weighted by molar-refractivity contribution is 0.790. The van der Waals surface area contributed by atoms with Gasteiger partial charge in [-0.25, -0.2) is 15.8 Å². The lowest BCUT2D eigenvalue weighted by Crippen LogP contribution is -2.15. The third-order valence-electron chi connectivity index (χ3n) is 2.55. The third-order valence-corrected chi connectivity index (χ3v) is 3.56. The lowest BCUT2D eigenvalue weighted by atomic mass is 10.2. The van der Waals surface area contributed by atoms with Gasteiger partial charge in [0.25, 0.3) is 0 Å². The average molecular weight is 264 g/mol. The number of thiazole rings is 1. The van der Waals surface area contributed by atoms with Gasteiger partial charge in [0.1, 0.15) is 5.82 Å². The van der Waals surface area contributed by atoms with Crippen molar-refractivity contribution >= 4 is 23.1 Å². The van der Waals surface area contributed by atoms with Crippen molar-refractivity contribution in [1.29, 1.82) is 0 Å². The van der Waals surface area contributed by atoms with Crippen molar-refractivity contribution in [3.05, 3.63) is 28.3 Å². The van der Waals surface area contributed by atoms with E-state index in [1.807, 2.05) is 18.5 Å². The van der Waals surface area contributed by atoms with Gasteiger partial charge in [-0.05, 0) is 6.92 Å². The summed E-state index contributed by atoms with van der Waals surface area (Å²) in [5.74, 6) is 6.83. The number of nitrogens with zero attached hydrogens (tertiary/aromatic N) is 3. The van der Waals surface area contributed by atoms with Gasteiger partial charge in [-0.3, -0.25) is 5.43 Å². The minimum Gasteiger partial charge on any atom is -0.369 e. The van der Waals surface area contributed by atoms with Crippen molar-refractivity contribution in [3.63, 3.8) is 0 Å². The summed E-state index contributed by atoms with van der Waals surface area (Å²) in [5.41, 5.74) is 3.42. The van der Waals surface area contributed by atoms with Gasteiger partial charge in [-0.15, -0.1) is 11.3 Å². The van der Waals surface area contributed by atoms with Crippen LogP contribution in [-0.2, 0) is 0 Å². The summed E-state index contributed by atoms with van der Waals surface area (Å²) in [5, 5.41) is 6.40. The Bertz CT molecular complexity index is 498. The second kappa shape index (κ2) is 5.74. The number of nitrogen functional groups attached to an aromatic ring is 1. The molecule has 96 valence electrons. The quantitative estimate of drug-likeness (QED) is 0.563. The van der Waals surface area contributed by atoms with E-state index in [-0.39, 0.29) is 0 Å². The topological polar surface area (TPSA) is 88.8 Å². The number of nitrogens with two attached hydrogens (primary N) is 1. The van der Waals surface area contributed by atoms with Crippen LogP contribution in [0.25, 0.3) is 0 Å². The van der Waals surface area contributed by atoms with Gasteiger partial charge in [-0.1, -0.05) is 6.92 Å². The molecule has 0 aliphatic heterocycles. The normalized spacial score (nSPS) is 12.2. The zero-order chi connectivity index (χ0) is 13.0. The van der Waals surface area contributed by atoms with E-state index < -0.39 is 0 Å². The van der Waals surface area contributed by atoms with Gasteiger partial charge in [-0.2, -0.15) is 4.98 Å². The van der Waals surface area contributed by atoms with E-state index in [0.29, 0.717) is 11.9 Å². The zero-order valence-electron chi connectivity index (χ0n) is 10.3. The zero-order valence-corrected chi connectivity index (χ0v) is 11.2. The molecule has 0 aromatic carbocycles. The summed E-state index contributed by atoms with van der Waals surface area (Å²) >= 11 is 1.66. The second-order valence-electron chi connectivity index (χ2n) is 4.02. The van der Waals surface area contributed by atoms with Crippen LogP contribution in [0.4, 0.5) is 11.8 Å². The number of aromatic nitrogens is 3. The summed E-state index contributed by atoms with van der Waals surface area (Å²) in [4.78, 5) is 12.6. The summed E-state index contributed by atoms with van der Waals surface area (Å²) in [6.45, 7) is 4.86. The van der Waals surface area contributed by atoms with Crippen LogP contribution < -0.4 is 16.6 Å². The van der Waals surface area contributed by atoms with Crippen LogP contribution in [0.15, 0.2) is 17.8 Å². The Morgan fingerprint density at radius 3 is 2.94 bits per heavy atom. The maximum atomic E-state index is 5.29. The van der Waals surface area contributed by atoms with E-state index in [1.165, 1.54) is 0 Å². The first-order valence-corrected chi connectivity index (χ1v) is 6.52. The summed E-state index contributed by atoms with van der Waals surface area (Å²) in [6.07, 6.45) is 3.56. The first-order valence-electron chi connectivity index (χ1n) is 5.64. The Morgan fingerprint density at radius 2 is 2.28 bits per heavy atom. The third kappa shape index (κ3) is 2.93. The Kier molecular flexibility index (Phi) is 4.06. The van der Waals surface area contributed by atoms with Crippen LogP contribution in [0.3, 0.4) is 0 Å². The van der Waals surface area contributed by atoms with Crippen LogP contribution in [-0.4, -0.2) is 21.5 Å². The molecule has 4 N–H and O–H groups in total. The summed E-state index contributed by atoms with van der Waals surface area (Å²) in [7, 11) is 0. The highest BCUT2D eigenvalue weighted by Crippen LogP contribution is 2.19. The molecule has 0 aliphatic rings. The fraction of sp³-hybridized carbons (Fsp3) is 0.364. The number of hydrogen-bond acceptors (Lipinski definition) is 7. The van der Waals surface area contributed by atoms with E-state index in [2.05, 4.69) is 32.6 Å². The molecular formula is C11H16N6S. The van der Waals surface area contributed by atoms with Gasteiger partial charge in [0.15, 0.2) is 0 Å². The molecule has 0 aliphatic carbocycles. The first kappa shape index (κ1) is 12.7. The Balaban J connectivity index is 2.01. The second-order valence-corrected chi connectivity index (χ2v) is 4.95. The van der Waals surface area contributed by atoms with Gasteiger partial charge in [0, 0.05) is 35.8 Å². The van der Waals surface area contributed by atoms with E-state index in [0.717, 1.165) is 22.9 Å². The molecule has 0 saturated carbocycles. The van der Waals surface area contributed by atoms with Crippen LogP contribution in [0.2, 0.25) is 0 Å². The molecule has 0 radical (unpaired) electrons. The van der Waals surface area contributed by atoms with Gasteiger partial charge < -0.3 is 5.32 Å². The highest BCUT2D eigenvalue weighted by molar-refractivity contribution is 7.09. The van der Waals surface area contributed by atoms with Crippen molar-refractivity contribution in [1.82, 2.24) is 15.0 Å².